The van der Waals surface area contributed by atoms with Gasteiger partial charge in [0, 0.05) is 18.5 Å². The Morgan fingerprint density at radius 1 is 0.900 bits per heavy atom. The van der Waals surface area contributed by atoms with Crippen molar-refractivity contribution >= 4 is 16.7 Å². The first kappa shape index (κ1) is 12.6. The van der Waals surface area contributed by atoms with Crippen LogP contribution >= 0.6 is 0 Å². The molecule has 1 heterocycles. The Hall–Kier alpha value is -2.46. The second kappa shape index (κ2) is 5.67. The van der Waals surface area contributed by atoms with Gasteiger partial charge >= 0.3 is 0 Å². The highest BCUT2D eigenvalue weighted by molar-refractivity contribution is 5.88. The highest BCUT2D eigenvalue weighted by Gasteiger charge is 2.02. The molecule has 4 nitrogen and oxygen atoms in total. The summed E-state index contributed by atoms with van der Waals surface area (Å²) in [5.74, 6) is 0.860. The zero-order chi connectivity index (χ0) is 13.8. The summed E-state index contributed by atoms with van der Waals surface area (Å²) in [5, 5.41) is 4.39. The molecule has 3 N–H and O–H groups in total. The van der Waals surface area contributed by atoms with E-state index in [9.17, 15) is 0 Å². The fourth-order valence-corrected chi connectivity index (χ4v) is 2.12. The van der Waals surface area contributed by atoms with Crippen molar-refractivity contribution in [1.29, 1.82) is 0 Å². The molecule has 0 aliphatic carbocycles. The van der Waals surface area contributed by atoms with Crippen LogP contribution in [0.15, 0.2) is 54.9 Å². The Morgan fingerprint density at radius 3 is 2.45 bits per heavy atom. The number of nitrogens with zero attached hydrogens (tertiary/aromatic N) is 2. The lowest BCUT2D eigenvalue weighted by atomic mass is 10.1. The smallest absolute Gasteiger partial charge is 0.137 e. The molecule has 0 radical (unpaired) electrons. The molecule has 1 aromatic heterocycles. The maximum atomic E-state index is 5.59. The Morgan fingerprint density at radius 2 is 1.65 bits per heavy atom. The summed E-state index contributed by atoms with van der Waals surface area (Å²) in [6.07, 6.45) is 1.59. The third kappa shape index (κ3) is 2.60. The molecule has 100 valence electrons. The molecule has 0 atom stereocenters. The maximum Gasteiger partial charge on any atom is 0.137 e. The summed E-state index contributed by atoms with van der Waals surface area (Å²) in [6.45, 7) is 1.30. The van der Waals surface area contributed by atoms with Crippen LogP contribution in [0.2, 0.25) is 0 Å². The second-order valence-electron chi connectivity index (χ2n) is 4.61. The Kier molecular flexibility index (Phi) is 3.56. The number of rotatable bonds is 4. The third-order valence-corrected chi connectivity index (χ3v) is 3.26. The molecule has 0 bridgehead atoms. The van der Waals surface area contributed by atoms with Crippen molar-refractivity contribution in [2.75, 3.05) is 5.32 Å². The van der Waals surface area contributed by atoms with E-state index < -0.39 is 0 Å². The van der Waals surface area contributed by atoms with E-state index in [2.05, 4.69) is 39.6 Å². The van der Waals surface area contributed by atoms with Gasteiger partial charge in [-0.2, -0.15) is 0 Å². The quantitative estimate of drug-likeness (QED) is 0.760. The van der Waals surface area contributed by atoms with E-state index >= 15 is 0 Å². The third-order valence-electron chi connectivity index (χ3n) is 3.26. The van der Waals surface area contributed by atoms with Crippen molar-refractivity contribution in [3.8, 4) is 0 Å². The van der Waals surface area contributed by atoms with Crippen LogP contribution in [0.25, 0.3) is 10.9 Å². The molecule has 0 aliphatic heterocycles. The van der Waals surface area contributed by atoms with Gasteiger partial charge in [0.25, 0.3) is 0 Å². The minimum absolute atomic E-state index is 0.574. The van der Waals surface area contributed by atoms with E-state index in [1.807, 2.05) is 24.3 Å². The number of benzene rings is 2. The van der Waals surface area contributed by atoms with E-state index in [-0.39, 0.29) is 0 Å². The predicted molar refractivity (Wildman–Crippen MR) is 81.2 cm³/mol. The number of aromatic nitrogens is 2. The number of hydrogen-bond donors (Lipinski definition) is 2. The molecule has 3 rings (SSSR count). The number of para-hydroxylation sites is 1. The lowest BCUT2D eigenvalue weighted by Crippen LogP contribution is -2.03. The van der Waals surface area contributed by atoms with Crippen LogP contribution in [0.3, 0.4) is 0 Å². The van der Waals surface area contributed by atoms with E-state index in [1.165, 1.54) is 5.56 Å². The van der Waals surface area contributed by atoms with Gasteiger partial charge in [-0.25, -0.2) is 9.97 Å². The minimum atomic E-state index is 0.574. The summed E-state index contributed by atoms with van der Waals surface area (Å²) < 4.78 is 0. The average molecular weight is 264 g/mol. The first-order chi connectivity index (χ1) is 9.86. The molecule has 0 amide bonds. The van der Waals surface area contributed by atoms with Crippen molar-refractivity contribution in [3.05, 3.63) is 66.0 Å². The standard InChI is InChI=1S/C16H16N4/c17-9-12-5-7-13(8-6-12)10-18-16-14-3-1-2-4-15(14)19-11-20-16/h1-8,11H,9-10,17H2,(H,18,19,20). The van der Waals surface area contributed by atoms with Crippen LogP contribution in [0.5, 0.6) is 0 Å². The van der Waals surface area contributed by atoms with Crippen molar-refractivity contribution < 1.29 is 0 Å². The molecular formula is C16H16N4. The van der Waals surface area contributed by atoms with Crippen LogP contribution < -0.4 is 11.1 Å². The van der Waals surface area contributed by atoms with Gasteiger partial charge in [-0.3, -0.25) is 0 Å². The van der Waals surface area contributed by atoms with Crippen molar-refractivity contribution in [1.82, 2.24) is 9.97 Å². The van der Waals surface area contributed by atoms with Crippen LogP contribution in [0.4, 0.5) is 5.82 Å². The molecule has 0 saturated carbocycles. The van der Waals surface area contributed by atoms with E-state index in [4.69, 9.17) is 5.73 Å². The number of nitrogens with two attached hydrogens (primary N) is 1. The van der Waals surface area contributed by atoms with E-state index in [0.717, 1.165) is 28.8 Å². The van der Waals surface area contributed by atoms with Gasteiger partial charge < -0.3 is 11.1 Å². The molecule has 2 aromatic carbocycles. The molecule has 0 saturated heterocycles. The molecule has 0 spiro atoms. The number of anilines is 1. The second-order valence-corrected chi connectivity index (χ2v) is 4.61. The van der Waals surface area contributed by atoms with Gasteiger partial charge in [0.05, 0.1) is 5.52 Å². The molecule has 4 heteroatoms. The largest absolute Gasteiger partial charge is 0.365 e. The zero-order valence-corrected chi connectivity index (χ0v) is 11.1. The first-order valence-corrected chi connectivity index (χ1v) is 6.58. The Balaban J connectivity index is 1.79. The molecule has 0 fully saturated rings. The first-order valence-electron chi connectivity index (χ1n) is 6.58. The molecule has 3 aromatic rings. The average Bonchev–Trinajstić information content (AvgIpc) is 2.53. The number of nitrogens with one attached hydrogen (secondary N) is 1. The monoisotopic (exact) mass is 264 g/mol. The summed E-state index contributed by atoms with van der Waals surface area (Å²) in [6, 6.07) is 16.2. The fourth-order valence-electron chi connectivity index (χ4n) is 2.12. The Bertz CT molecular complexity index is 702. The number of fused-ring (bicyclic) bond motifs is 1. The summed E-state index contributed by atoms with van der Waals surface area (Å²) in [7, 11) is 0. The van der Waals surface area contributed by atoms with Gasteiger partial charge in [-0.15, -0.1) is 0 Å². The fraction of sp³-hybridized carbons (Fsp3) is 0.125. The van der Waals surface area contributed by atoms with Gasteiger partial charge in [0.2, 0.25) is 0 Å². The van der Waals surface area contributed by atoms with Crippen LogP contribution in [-0.4, -0.2) is 9.97 Å². The summed E-state index contributed by atoms with van der Waals surface area (Å²) >= 11 is 0. The normalized spacial score (nSPS) is 10.7. The molecule has 0 aliphatic rings. The SMILES string of the molecule is NCc1ccc(CNc2ncnc3ccccc23)cc1. The lowest BCUT2D eigenvalue weighted by molar-refractivity contribution is 1.05. The number of hydrogen-bond acceptors (Lipinski definition) is 4. The van der Waals surface area contributed by atoms with E-state index in [1.54, 1.807) is 6.33 Å². The summed E-state index contributed by atoms with van der Waals surface area (Å²) in [4.78, 5) is 8.57. The van der Waals surface area contributed by atoms with E-state index in [0.29, 0.717) is 6.54 Å². The summed E-state index contributed by atoms with van der Waals surface area (Å²) in [5.41, 5.74) is 8.88. The molecule has 0 unspecified atom stereocenters. The molecule has 20 heavy (non-hydrogen) atoms. The van der Waals surface area contributed by atoms with Crippen LogP contribution in [0, 0.1) is 0 Å². The van der Waals surface area contributed by atoms with Crippen LogP contribution in [-0.2, 0) is 13.1 Å². The predicted octanol–water partition coefficient (Wildman–Crippen LogP) is 2.70. The Labute approximate surface area is 117 Å². The maximum absolute atomic E-state index is 5.59. The van der Waals surface area contributed by atoms with Crippen molar-refractivity contribution in [3.63, 3.8) is 0 Å². The van der Waals surface area contributed by atoms with Gasteiger partial charge in [-0.05, 0) is 23.3 Å². The minimum Gasteiger partial charge on any atom is -0.365 e. The van der Waals surface area contributed by atoms with Crippen molar-refractivity contribution in [2.24, 2.45) is 5.73 Å². The van der Waals surface area contributed by atoms with Crippen LogP contribution in [0.1, 0.15) is 11.1 Å². The van der Waals surface area contributed by atoms with Gasteiger partial charge in [0.1, 0.15) is 12.1 Å². The van der Waals surface area contributed by atoms with Gasteiger partial charge in [-0.1, -0.05) is 36.4 Å². The highest BCUT2D eigenvalue weighted by Crippen LogP contribution is 2.19. The zero-order valence-electron chi connectivity index (χ0n) is 11.1. The topological polar surface area (TPSA) is 63.8 Å². The van der Waals surface area contributed by atoms with Gasteiger partial charge in [0.15, 0.2) is 0 Å². The highest BCUT2D eigenvalue weighted by atomic mass is 15.0. The lowest BCUT2D eigenvalue weighted by Gasteiger charge is -2.08. The molecular weight excluding hydrogens is 248 g/mol. The van der Waals surface area contributed by atoms with Crippen molar-refractivity contribution in [2.45, 2.75) is 13.1 Å².